The maximum atomic E-state index is 12.6. The van der Waals surface area contributed by atoms with E-state index in [0.29, 0.717) is 0 Å². The molecule has 0 saturated carbocycles. The summed E-state index contributed by atoms with van der Waals surface area (Å²) in [6.07, 6.45) is 5.43. The Labute approximate surface area is 172 Å². The molecular formula is C25H27N3O. The van der Waals surface area contributed by atoms with Crippen LogP contribution in [0.5, 0.6) is 0 Å². The molecule has 0 radical (unpaired) electrons. The highest BCUT2D eigenvalue weighted by molar-refractivity contribution is 5.79. The molecule has 29 heavy (non-hydrogen) atoms. The van der Waals surface area contributed by atoms with E-state index in [1.807, 2.05) is 18.3 Å². The van der Waals surface area contributed by atoms with E-state index in [1.54, 1.807) is 6.20 Å². The van der Waals surface area contributed by atoms with Crippen LogP contribution < -0.4 is 5.32 Å². The van der Waals surface area contributed by atoms with Gasteiger partial charge in [0.15, 0.2) is 0 Å². The number of nitrogens with one attached hydrogen (secondary N) is 1. The molecule has 0 bridgehead atoms. The minimum absolute atomic E-state index is 0.0302. The van der Waals surface area contributed by atoms with Gasteiger partial charge < -0.3 is 10.2 Å². The van der Waals surface area contributed by atoms with Gasteiger partial charge in [-0.25, -0.2) is 0 Å². The quantitative estimate of drug-likeness (QED) is 0.705. The van der Waals surface area contributed by atoms with Gasteiger partial charge in [-0.05, 0) is 41.2 Å². The predicted octanol–water partition coefficient (Wildman–Crippen LogP) is 3.58. The summed E-state index contributed by atoms with van der Waals surface area (Å²) < 4.78 is 0. The van der Waals surface area contributed by atoms with Crippen LogP contribution >= 0.6 is 0 Å². The molecule has 1 fully saturated rings. The molecule has 4 rings (SSSR count). The molecule has 1 aromatic heterocycles. The van der Waals surface area contributed by atoms with Gasteiger partial charge in [0.25, 0.3) is 0 Å². The number of rotatable bonds is 6. The van der Waals surface area contributed by atoms with Crippen molar-refractivity contribution in [1.29, 1.82) is 0 Å². The predicted molar refractivity (Wildman–Crippen MR) is 116 cm³/mol. The standard InChI is InChI=1S/C25H27N3O/c29-25-24(17-21-8-4-9-22(16-21)23-10-5-12-26-18-23)19-28(15-13-27-25)14-11-20-6-2-1-3-7-20/h1-10,12,16,18,24H,11,13-15,17,19H2,(H,27,29). The molecular weight excluding hydrogens is 358 g/mol. The highest BCUT2D eigenvalue weighted by atomic mass is 16.1. The van der Waals surface area contributed by atoms with Crippen LogP contribution in [0.3, 0.4) is 0 Å². The molecule has 4 nitrogen and oxygen atoms in total. The summed E-state index contributed by atoms with van der Waals surface area (Å²) in [7, 11) is 0. The minimum atomic E-state index is -0.0302. The SMILES string of the molecule is O=C1NCCN(CCc2ccccc2)CC1Cc1cccc(-c2cccnc2)c1. The molecule has 1 unspecified atom stereocenters. The zero-order valence-corrected chi connectivity index (χ0v) is 16.6. The Bertz CT molecular complexity index is 927. The summed E-state index contributed by atoms with van der Waals surface area (Å²) in [6.45, 7) is 3.41. The first-order valence-corrected chi connectivity index (χ1v) is 10.3. The fraction of sp³-hybridized carbons (Fsp3) is 0.280. The van der Waals surface area contributed by atoms with Crippen LogP contribution in [-0.4, -0.2) is 42.0 Å². The Morgan fingerprint density at radius 2 is 1.79 bits per heavy atom. The Balaban J connectivity index is 1.43. The van der Waals surface area contributed by atoms with Gasteiger partial charge in [-0.15, -0.1) is 0 Å². The molecule has 1 atom stereocenters. The van der Waals surface area contributed by atoms with Crippen LogP contribution in [0.1, 0.15) is 11.1 Å². The van der Waals surface area contributed by atoms with E-state index in [-0.39, 0.29) is 11.8 Å². The second kappa shape index (κ2) is 9.48. The fourth-order valence-electron chi connectivity index (χ4n) is 3.96. The summed E-state index contributed by atoms with van der Waals surface area (Å²) in [5.74, 6) is 0.136. The Kier molecular flexibility index (Phi) is 6.32. The van der Waals surface area contributed by atoms with E-state index in [4.69, 9.17) is 0 Å². The number of carbonyl (C=O) groups excluding carboxylic acids is 1. The number of nitrogens with zero attached hydrogens (tertiary/aromatic N) is 2. The van der Waals surface area contributed by atoms with E-state index in [2.05, 4.69) is 69.8 Å². The van der Waals surface area contributed by atoms with E-state index in [0.717, 1.165) is 50.1 Å². The van der Waals surface area contributed by atoms with Gasteiger partial charge in [0, 0.05) is 38.6 Å². The summed E-state index contributed by atoms with van der Waals surface area (Å²) in [5, 5.41) is 3.10. The molecule has 0 aliphatic carbocycles. The second-order valence-corrected chi connectivity index (χ2v) is 7.67. The average Bonchev–Trinajstić information content (AvgIpc) is 2.95. The third kappa shape index (κ3) is 5.30. The zero-order chi connectivity index (χ0) is 19.9. The van der Waals surface area contributed by atoms with Gasteiger partial charge in [0.05, 0.1) is 5.92 Å². The maximum absolute atomic E-state index is 12.6. The highest BCUT2D eigenvalue weighted by Gasteiger charge is 2.25. The monoisotopic (exact) mass is 385 g/mol. The van der Waals surface area contributed by atoms with Crippen LogP contribution in [0, 0.1) is 5.92 Å². The molecule has 4 heteroatoms. The van der Waals surface area contributed by atoms with E-state index >= 15 is 0 Å². The highest BCUT2D eigenvalue weighted by Crippen LogP contribution is 2.21. The molecule has 3 aromatic rings. The van der Waals surface area contributed by atoms with Crippen molar-refractivity contribution in [3.05, 3.63) is 90.3 Å². The van der Waals surface area contributed by atoms with Gasteiger partial charge in [-0.3, -0.25) is 9.78 Å². The third-order valence-electron chi connectivity index (χ3n) is 5.54. The lowest BCUT2D eigenvalue weighted by Crippen LogP contribution is -2.34. The lowest BCUT2D eigenvalue weighted by molar-refractivity contribution is -0.124. The Morgan fingerprint density at radius 1 is 0.966 bits per heavy atom. The van der Waals surface area contributed by atoms with Gasteiger partial charge in [0.2, 0.25) is 5.91 Å². The van der Waals surface area contributed by atoms with Crippen LogP contribution in [0.15, 0.2) is 79.1 Å². The second-order valence-electron chi connectivity index (χ2n) is 7.67. The van der Waals surface area contributed by atoms with Crippen molar-refractivity contribution in [3.63, 3.8) is 0 Å². The lowest BCUT2D eigenvalue weighted by atomic mass is 9.95. The summed E-state index contributed by atoms with van der Waals surface area (Å²) in [4.78, 5) is 19.3. The van der Waals surface area contributed by atoms with Crippen LogP contribution in [0.2, 0.25) is 0 Å². The molecule has 2 aromatic carbocycles. The topological polar surface area (TPSA) is 45.2 Å². The minimum Gasteiger partial charge on any atom is -0.355 e. The normalized spacial score (nSPS) is 17.5. The summed E-state index contributed by atoms with van der Waals surface area (Å²) in [6, 6.07) is 23.0. The number of hydrogen-bond acceptors (Lipinski definition) is 3. The lowest BCUT2D eigenvalue weighted by Gasteiger charge is -2.23. The Morgan fingerprint density at radius 3 is 2.62 bits per heavy atom. The molecule has 1 aliphatic heterocycles. The fourth-order valence-corrected chi connectivity index (χ4v) is 3.96. The first kappa shape index (κ1) is 19.3. The summed E-state index contributed by atoms with van der Waals surface area (Å²) in [5.41, 5.74) is 4.78. The van der Waals surface area contributed by atoms with Crippen molar-refractivity contribution in [2.75, 3.05) is 26.2 Å². The molecule has 2 heterocycles. The molecule has 0 spiro atoms. The van der Waals surface area contributed by atoms with Crippen molar-refractivity contribution in [3.8, 4) is 11.1 Å². The number of hydrogen-bond donors (Lipinski definition) is 1. The largest absolute Gasteiger partial charge is 0.355 e. The van der Waals surface area contributed by atoms with Gasteiger partial charge in [-0.1, -0.05) is 60.7 Å². The third-order valence-corrected chi connectivity index (χ3v) is 5.54. The summed E-state index contributed by atoms with van der Waals surface area (Å²) >= 11 is 0. The smallest absolute Gasteiger partial charge is 0.224 e. The van der Waals surface area contributed by atoms with Crippen LogP contribution in [-0.2, 0) is 17.6 Å². The first-order valence-electron chi connectivity index (χ1n) is 10.3. The maximum Gasteiger partial charge on any atom is 0.224 e. The molecule has 148 valence electrons. The number of aromatic nitrogens is 1. The van der Waals surface area contributed by atoms with Gasteiger partial charge >= 0.3 is 0 Å². The van der Waals surface area contributed by atoms with E-state index in [9.17, 15) is 4.79 Å². The number of amides is 1. The van der Waals surface area contributed by atoms with Crippen molar-refractivity contribution in [2.24, 2.45) is 5.92 Å². The number of pyridine rings is 1. The number of benzene rings is 2. The van der Waals surface area contributed by atoms with Crippen molar-refractivity contribution in [1.82, 2.24) is 15.2 Å². The van der Waals surface area contributed by atoms with E-state index in [1.165, 1.54) is 11.1 Å². The molecule has 1 saturated heterocycles. The van der Waals surface area contributed by atoms with Crippen LogP contribution in [0.25, 0.3) is 11.1 Å². The van der Waals surface area contributed by atoms with Crippen molar-refractivity contribution < 1.29 is 4.79 Å². The van der Waals surface area contributed by atoms with Gasteiger partial charge in [-0.2, -0.15) is 0 Å². The van der Waals surface area contributed by atoms with Crippen molar-refractivity contribution in [2.45, 2.75) is 12.8 Å². The number of carbonyl (C=O) groups is 1. The Hall–Kier alpha value is -2.98. The first-order chi connectivity index (χ1) is 14.3. The van der Waals surface area contributed by atoms with E-state index < -0.39 is 0 Å². The molecule has 1 aliphatic rings. The zero-order valence-electron chi connectivity index (χ0n) is 16.6. The average molecular weight is 386 g/mol. The molecule has 1 N–H and O–H groups in total. The van der Waals surface area contributed by atoms with Crippen LogP contribution in [0.4, 0.5) is 0 Å². The van der Waals surface area contributed by atoms with Crippen molar-refractivity contribution >= 4 is 5.91 Å². The molecule has 1 amide bonds. The van der Waals surface area contributed by atoms with Gasteiger partial charge in [0.1, 0.15) is 0 Å².